The van der Waals surface area contributed by atoms with E-state index in [1.165, 1.54) is 18.4 Å². The molecule has 2 aromatic carbocycles. The molecule has 3 rings (SSSR count). The van der Waals surface area contributed by atoms with Crippen LogP contribution >= 0.6 is 0 Å². The van der Waals surface area contributed by atoms with Gasteiger partial charge in [-0.2, -0.15) is 0 Å². The van der Waals surface area contributed by atoms with Gasteiger partial charge in [0, 0.05) is 5.69 Å². The van der Waals surface area contributed by atoms with Crippen molar-refractivity contribution in [2.45, 2.75) is 24.8 Å². The van der Waals surface area contributed by atoms with Gasteiger partial charge in [0.1, 0.15) is 5.75 Å². The first-order valence-electron chi connectivity index (χ1n) is 7.41. The van der Waals surface area contributed by atoms with Gasteiger partial charge in [0.25, 0.3) is 0 Å². The van der Waals surface area contributed by atoms with E-state index in [2.05, 4.69) is 29.6 Å². The molecule has 0 heterocycles. The molecule has 21 heavy (non-hydrogen) atoms. The Morgan fingerprint density at radius 1 is 1.19 bits per heavy atom. The van der Waals surface area contributed by atoms with Gasteiger partial charge in [0.2, 0.25) is 0 Å². The lowest BCUT2D eigenvalue weighted by molar-refractivity contribution is 0.276. The molecule has 0 aromatic heterocycles. The van der Waals surface area contributed by atoms with E-state index in [1.54, 1.807) is 7.11 Å². The van der Waals surface area contributed by atoms with Crippen molar-refractivity contribution in [1.29, 1.82) is 0 Å². The Kier molecular flexibility index (Phi) is 4.11. The van der Waals surface area contributed by atoms with Crippen molar-refractivity contribution in [1.82, 2.24) is 0 Å². The topological polar surface area (TPSA) is 41.5 Å². The maximum atomic E-state index is 9.70. The summed E-state index contributed by atoms with van der Waals surface area (Å²) in [6.45, 7) is 0.0696. The van der Waals surface area contributed by atoms with E-state index in [0.717, 1.165) is 22.9 Å². The second kappa shape index (κ2) is 6.19. The molecule has 0 radical (unpaired) electrons. The Hall–Kier alpha value is -2.00. The number of aliphatic hydroxyl groups is 1. The molecule has 1 fully saturated rings. The molecule has 1 saturated carbocycles. The Balaban J connectivity index is 1.75. The van der Waals surface area contributed by atoms with Crippen molar-refractivity contribution < 1.29 is 9.84 Å². The van der Waals surface area contributed by atoms with Crippen LogP contribution in [0.25, 0.3) is 0 Å². The van der Waals surface area contributed by atoms with Crippen LogP contribution in [0.1, 0.15) is 35.9 Å². The molecular weight excluding hydrogens is 262 g/mol. The van der Waals surface area contributed by atoms with Gasteiger partial charge in [-0.25, -0.2) is 0 Å². The number of anilines is 1. The molecule has 2 aromatic rings. The summed E-state index contributed by atoms with van der Waals surface area (Å²) in [6.07, 6.45) is 2.58. The molecular formula is C18H21NO2. The monoisotopic (exact) mass is 283 g/mol. The Labute approximate surface area is 125 Å². The van der Waals surface area contributed by atoms with Crippen molar-refractivity contribution in [3.63, 3.8) is 0 Å². The predicted molar refractivity (Wildman–Crippen MR) is 84.9 cm³/mol. The summed E-state index contributed by atoms with van der Waals surface area (Å²) in [7, 11) is 1.66. The average molecular weight is 283 g/mol. The van der Waals surface area contributed by atoms with Crippen molar-refractivity contribution in [3.8, 4) is 5.75 Å². The number of rotatable bonds is 6. The van der Waals surface area contributed by atoms with E-state index < -0.39 is 0 Å². The molecule has 0 aliphatic heterocycles. The highest BCUT2D eigenvalue weighted by molar-refractivity contribution is 5.48. The highest BCUT2D eigenvalue weighted by atomic mass is 16.5. The molecule has 2 N–H and O–H groups in total. The van der Waals surface area contributed by atoms with Gasteiger partial charge in [-0.3, -0.25) is 0 Å². The summed E-state index contributed by atoms with van der Waals surface area (Å²) in [6, 6.07) is 16.2. The number of aliphatic hydroxyl groups excluding tert-OH is 1. The third-order valence-electron chi connectivity index (χ3n) is 3.98. The molecule has 0 saturated heterocycles. The lowest BCUT2D eigenvalue weighted by Gasteiger charge is -2.19. The van der Waals surface area contributed by atoms with Gasteiger partial charge in [0.05, 0.1) is 19.8 Å². The fraction of sp³-hybridized carbons (Fsp3) is 0.333. The molecule has 3 nitrogen and oxygen atoms in total. The molecule has 3 heteroatoms. The average Bonchev–Trinajstić information content (AvgIpc) is 3.38. The first-order chi connectivity index (χ1) is 10.3. The second-order valence-corrected chi connectivity index (χ2v) is 5.55. The zero-order valence-corrected chi connectivity index (χ0v) is 12.3. The predicted octanol–water partition coefficient (Wildman–Crippen LogP) is 3.72. The summed E-state index contributed by atoms with van der Waals surface area (Å²) in [5.74, 6) is 1.56. The highest BCUT2D eigenvalue weighted by Crippen LogP contribution is 2.40. The zero-order chi connectivity index (χ0) is 14.7. The van der Waals surface area contributed by atoms with E-state index in [9.17, 15) is 5.11 Å². The summed E-state index contributed by atoms with van der Waals surface area (Å²) < 4.78 is 5.16. The van der Waals surface area contributed by atoms with Crippen LogP contribution in [0, 0.1) is 0 Å². The van der Waals surface area contributed by atoms with E-state index in [-0.39, 0.29) is 12.6 Å². The van der Waals surface area contributed by atoms with Crippen LogP contribution in [0.5, 0.6) is 5.75 Å². The molecule has 1 aliphatic rings. The van der Waals surface area contributed by atoms with E-state index in [4.69, 9.17) is 4.74 Å². The van der Waals surface area contributed by atoms with Crippen molar-refractivity contribution >= 4 is 5.69 Å². The maximum absolute atomic E-state index is 9.70. The van der Waals surface area contributed by atoms with Gasteiger partial charge >= 0.3 is 0 Å². The van der Waals surface area contributed by atoms with Crippen LogP contribution in [0.2, 0.25) is 0 Å². The van der Waals surface area contributed by atoms with Crippen molar-refractivity contribution in [3.05, 3.63) is 59.7 Å². The standard InChI is InChI=1S/C18H21NO2/c1-21-17-9-7-16(8-10-17)19-18(12-20)15-4-2-3-14(11-15)13-5-6-13/h2-4,7-11,13,18-20H,5-6,12H2,1H3. The molecule has 110 valence electrons. The summed E-state index contributed by atoms with van der Waals surface area (Å²) in [4.78, 5) is 0. The fourth-order valence-corrected chi connectivity index (χ4v) is 2.57. The molecule has 1 aliphatic carbocycles. The smallest absolute Gasteiger partial charge is 0.119 e. The number of nitrogens with one attached hydrogen (secondary N) is 1. The van der Waals surface area contributed by atoms with Gasteiger partial charge in [-0.15, -0.1) is 0 Å². The summed E-state index contributed by atoms with van der Waals surface area (Å²) >= 11 is 0. The number of benzene rings is 2. The maximum Gasteiger partial charge on any atom is 0.119 e. The fourth-order valence-electron chi connectivity index (χ4n) is 2.57. The minimum absolute atomic E-state index is 0.0696. The van der Waals surface area contributed by atoms with E-state index in [1.807, 2.05) is 24.3 Å². The van der Waals surface area contributed by atoms with E-state index in [0.29, 0.717) is 0 Å². The van der Waals surface area contributed by atoms with Crippen molar-refractivity contribution in [2.75, 3.05) is 19.0 Å². The van der Waals surface area contributed by atoms with Crippen molar-refractivity contribution in [2.24, 2.45) is 0 Å². The number of hydrogen-bond acceptors (Lipinski definition) is 3. The van der Waals surface area contributed by atoms with Gasteiger partial charge in [-0.05, 0) is 54.2 Å². The molecule has 1 unspecified atom stereocenters. The zero-order valence-electron chi connectivity index (χ0n) is 12.3. The minimum atomic E-state index is -0.0860. The van der Waals surface area contributed by atoms with Crippen LogP contribution < -0.4 is 10.1 Å². The number of methoxy groups -OCH3 is 1. The van der Waals surface area contributed by atoms with Crippen LogP contribution in [0.3, 0.4) is 0 Å². The summed E-state index contributed by atoms with van der Waals surface area (Å²) in [5.41, 5.74) is 3.51. The lowest BCUT2D eigenvalue weighted by Crippen LogP contribution is -2.15. The largest absolute Gasteiger partial charge is 0.497 e. The van der Waals surface area contributed by atoms with Crippen LogP contribution in [0.4, 0.5) is 5.69 Å². The SMILES string of the molecule is COc1ccc(NC(CO)c2cccc(C3CC3)c2)cc1. The highest BCUT2D eigenvalue weighted by Gasteiger charge is 2.24. The minimum Gasteiger partial charge on any atom is -0.497 e. The normalized spacial score (nSPS) is 15.5. The molecule has 0 amide bonds. The molecule has 0 spiro atoms. The van der Waals surface area contributed by atoms with Gasteiger partial charge in [0.15, 0.2) is 0 Å². The molecule has 0 bridgehead atoms. The van der Waals surface area contributed by atoms with Crippen LogP contribution in [-0.4, -0.2) is 18.8 Å². The van der Waals surface area contributed by atoms with Crippen LogP contribution in [0.15, 0.2) is 48.5 Å². The number of ether oxygens (including phenoxy) is 1. The Bertz CT molecular complexity index is 590. The third kappa shape index (κ3) is 3.37. The molecule has 1 atom stereocenters. The van der Waals surface area contributed by atoms with Crippen LogP contribution in [-0.2, 0) is 0 Å². The second-order valence-electron chi connectivity index (χ2n) is 5.55. The third-order valence-corrected chi connectivity index (χ3v) is 3.98. The van der Waals surface area contributed by atoms with Gasteiger partial charge < -0.3 is 15.2 Å². The number of hydrogen-bond donors (Lipinski definition) is 2. The summed E-state index contributed by atoms with van der Waals surface area (Å²) in [5, 5.41) is 13.1. The van der Waals surface area contributed by atoms with E-state index >= 15 is 0 Å². The van der Waals surface area contributed by atoms with Gasteiger partial charge in [-0.1, -0.05) is 24.3 Å². The first-order valence-corrected chi connectivity index (χ1v) is 7.41. The Morgan fingerprint density at radius 2 is 1.95 bits per heavy atom. The Morgan fingerprint density at radius 3 is 2.57 bits per heavy atom. The quantitative estimate of drug-likeness (QED) is 0.849. The lowest BCUT2D eigenvalue weighted by atomic mass is 10.0. The first kappa shape index (κ1) is 14.0.